The molecule has 1 fully saturated rings. The third kappa shape index (κ3) is 6.38. The number of imide groups is 1. The van der Waals surface area contributed by atoms with Gasteiger partial charge >= 0.3 is 0 Å². The summed E-state index contributed by atoms with van der Waals surface area (Å²) in [6, 6.07) is 0. The average Bonchev–Trinajstić information content (AvgIpc) is 2.76. The second-order valence-corrected chi connectivity index (χ2v) is 6.93. The molecule has 1 aliphatic heterocycles. The summed E-state index contributed by atoms with van der Waals surface area (Å²) in [5, 5.41) is 2.57. The van der Waals surface area contributed by atoms with Crippen molar-refractivity contribution in [2.24, 2.45) is 5.92 Å². The summed E-state index contributed by atoms with van der Waals surface area (Å²) in [6.07, 6.45) is 3.10. The van der Waals surface area contributed by atoms with Gasteiger partial charge in [0, 0.05) is 31.2 Å². The zero-order valence-electron chi connectivity index (χ0n) is 14.4. The van der Waals surface area contributed by atoms with Crippen LogP contribution in [0, 0.1) is 5.92 Å². The van der Waals surface area contributed by atoms with E-state index in [1.807, 2.05) is 27.7 Å². The normalized spacial score (nSPS) is 18.1. The number of hydrogen-bond donors (Lipinski definition) is 2. The molecule has 1 atom stereocenters. The maximum atomic E-state index is 12.2. The molecule has 1 rings (SSSR count). The molecule has 1 unspecified atom stereocenters. The Balaban J connectivity index is 0.00000211. The lowest BCUT2D eigenvalue weighted by molar-refractivity contribution is -0.139. The minimum absolute atomic E-state index is 0.0233. The molecule has 1 heterocycles. The zero-order valence-corrected chi connectivity index (χ0v) is 15.3. The number of likely N-dealkylation sites (tertiary alicyclic amines) is 1. The molecular weight excluding hydrogens is 300 g/mol. The van der Waals surface area contributed by atoms with Crippen molar-refractivity contribution in [1.29, 1.82) is 0 Å². The van der Waals surface area contributed by atoms with Gasteiger partial charge in [-0.25, -0.2) is 0 Å². The quantitative estimate of drug-likeness (QED) is 0.428. The molecule has 3 amide bonds. The van der Waals surface area contributed by atoms with E-state index in [-0.39, 0.29) is 30.1 Å². The monoisotopic (exact) mass is 330 g/mol. The number of rotatable bonds is 7. The van der Waals surface area contributed by atoms with E-state index < -0.39 is 4.75 Å². The number of carbonyl (C=O) groups is 3. The van der Waals surface area contributed by atoms with Gasteiger partial charge < -0.3 is 5.32 Å². The molecule has 22 heavy (non-hydrogen) atoms. The first kappa shape index (κ1) is 21.0. The highest BCUT2D eigenvalue weighted by Crippen LogP contribution is 2.33. The molecule has 0 aromatic rings. The second kappa shape index (κ2) is 9.87. The second-order valence-electron chi connectivity index (χ2n) is 5.78. The SMILES string of the molecule is CC.CNC(=O)CCCCCN1C(=O)CC(C(C)(C)S)C1=O. The highest BCUT2D eigenvalue weighted by molar-refractivity contribution is 7.81. The summed E-state index contributed by atoms with van der Waals surface area (Å²) >= 11 is 4.40. The molecular formula is C16H30N2O3S. The van der Waals surface area contributed by atoms with Gasteiger partial charge in [-0.3, -0.25) is 19.3 Å². The van der Waals surface area contributed by atoms with E-state index in [4.69, 9.17) is 0 Å². The van der Waals surface area contributed by atoms with Crippen LogP contribution in [0.3, 0.4) is 0 Å². The lowest BCUT2D eigenvalue weighted by Crippen LogP contribution is -2.36. The fourth-order valence-electron chi connectivity index (χ4n) is 2.33. The molecule has 0 aliphatic carbocycles. The Labute approximate surface area is 139 Å². The number of amides is 3. The first-order valence-electron chi connectivity index (χ1n) is 8.04. The van der Waals surface area contributed by atoms with E-state index >= 15 is 0 Å². The third-order valence-electron chi connectivity index (χ3n) is 3.66. The van der Waals surface area contributed by atoms with Gasteiger partial charge in [0.25, 0.3) is 0 Å². The van der Waals surface area contributed by atoms with E-state index in [0.29, 0.717) is 13.0 Å². The molecule has 0 aromatic carbocycles. The van der Waals surface area contributed by atoms with Gasteiger partial charge in [-0.05, 0) is 12.8 Å². The van der Waals surface area contributed by atoms with Crippen LogP contribution in [0.1, 0.15) is 59.8 Å². The molecule has 1 saturated heterocycles. The number of nitrogens with one attached hydrogen (secondary N) is 1. The lowest BCUT2D eigenvalue weighted by atomic mass is 9.93. The first-order valence-corrected chi connectivity index (χ1v) is 8.49. The van der Waals surface area contributed by atoms with Crippen molar-refractivity contribution in [3.8, 4) is 0 Å². The molecule has 0 aromatic heterocycles. The summed E-state index contributed by atoms with van der Waals surface area (Å²) in [4.78, 5) is 36.4. The van der Waals surface area contributed by atoms with Gasteiger partial charge in [0.1, 0.15) is 0 Å². The van der Waals surface area contributed by atoms with Crippen LogP contribution in [-0.2, 0) is 14.4 Å². The van der Waals surface area contributed by atoms with Crippen LogP contribution in [0.2, 0.25) is 0 Å². The molecule has 6 heteroatoms. The fraction of sp³-hybridized carbons (Fsp3) is 0.812. The smallest absolute Gasteiger partial charge is 0.234 e. The van der Waals surface area contributed by atoms with Crippen LogP contribution in [0.4, 0.5) is 0 Å². The van der Waals surface area contributed by atoms with Crippen molar-refractivity contribution >= 4 is 30.4 Å². The Morgan fingerprint density at radius 1 is 1.27 bits per heavy atom. The van der Waals surface area contributed by atoms with E-state index in [1.54, 1.807) is 7.05 Å². The predicted octanol–water partition coefficient (Wildman–Crippen LogP) is 2.40. The number of thiol groups is 1. The average molecular weight is 330 g/mol. The molecule has 1 aliphatic rings. The summed E-state index contributed by atoms with van der Waals surface area (Å²) in [6.45, 7) is 8.17. The van der Waals surface area contributed by atoms with Crippen LogP contribution in [0.5, 0.6) is 0 Å². The summed E-state index contributed by atoms with van der Waals surface area (Å²) < 4.78 is -0.472. The molecule has 5 nitrogen and oxygen atoms in total. The first-order chi connectivity index (χ1) is 10.3. The van der Waals surface area contributed by atoms with Crippen LogP contribution in [-0.4, -0.2) is 41.0 Å². The maximum Gasteiger partial charge on any atom is 0.234 e. The van der Waals surface area contributed by atoms with Crippen molar-refractivity contribution in [1.82, 2.24) is 10.2 Å². The van der Waals surface area contributed by atoms with Gasteiger partial charge in [0.05, 0.1) is 5.92 Å². The highest BCUT2D eigenvalue weighted by atomic mass is 32.1. The van der Waals surface area contributed by atoms with Crippen molar-refractivity contribution in [3.63, 3.8) is 0 Å². The molecule has 0 bridgehead atoms. The summed E-state index contributed by atoms with van der Waals surface area (Å²) in [5.41, 5.74) is 0. The Kier molecular flexibility index (Phi) is 9.41. The molecule has 0 saturated carbocycles. The molecule has 1 N–H and O–H groups in total. The maximum absolute atomic E-state index is 12.2. The third-order valence-corrected chi connectivity index (χ3v) is 3.97. The fourth-order valence-corrected chi connectivity index (χ4v) is 2.53. The topological polar surface area (TPSA) is 66.5 Å². The predicted molar refractivity (Wildman–Crippen MR) is 91.8 cm³/mol. The van der Waals surface area contributed by atoms with E-state index in [0.717, 1.165) is 19.3 Å². The number of nitrogens with zero attached hydrogens (tertiary/aromatic N) is 1. The Bertz CT molecular complexity index is 391. The molecule has 128 valence electrons. The van der Waals surface area contributed by atoms with Gasteiger partial charge in [-0.1, -0.05) is 34.1 Å². The summed E-state index contributed by atoms with van der Waals surface area (Å²) in [5.74, 6) is -0.519. The van der Waals surface area contributed by atoms with E-state index in [1.165, 1.54) is 4.90 Å². The summed E-state index contributed by atoms with van der Waals surface area (Å²) in [7, 11) is 1.61. The van der Waals surface area contributed by atoms with Crippen LogP contribution >= 0.6 is 12.6 Å². The Hall–Kier alpha value is -1.04. The number of unbranched alkanes of at least 4 members (excludes halogenated alkanes) is 2. The van der Waals surface area contributed by atoms with E-state index in [9.17, 15) is 14.4 Å². The van der Waals surface area contributed by atoms with E-state index in [2.05, 4.69) is 17.9 Å². The standard InChI is InChI=1S/C14H24N2O3S.C2H6/c1-14(2,20)10-9-12(18)16(13(10)19)8-6-4-5-7-11(17)15-3;1-2/h10,20H,4-9H2,1-3H3,(H,15,17);1-2H3. The van der Waals surface area contributed by atoms with Crippen LogP contribution < -0.4 is 5.32 Å². The van der Waals surface area contributed by atoms with Crippen molar-refractivity contribution < 1.29 is 14.4 Å². The molecule has 0 spiro atoms. The van der Waals surface area contributed by atoms with Gasteiger partial charge in [-0.15, -0.1) is 0 Å². The van der Waals surface area contributed by atoms with Crippen molar-refractivity contribution in [3.05, 3.63) is 0 Å². The van der Waals surface area contributed by atoms with Crippen molar-refractivity contribution in [2.45, 2.75) is 64.5 Å². The lowest BCUT2D eigenvalue weighted by Gasteiger charge is -2.23. The van der Waals surface area contributed by atoms with Gasteiger partial charge in [-0.2, -0.15) is 12.6 Å². The minimum Gasteiger partial charge on any atom is -0.359 e. The molecule has 0 radical (unpaired) electrons. The Morgan fingerprint density at radius 2 is 1.86 bits per heavy atom. The number of carbonyl (C=O) groups excluding carboxylic acids is 3. The van der Waals surface area contributed by atoms with Gasteiger partial charge in [0.15, 0.2) is 0 Å². The Morgan fingerprint density at radius 3 is 2.32 bits per heavy atom. The van der Waals surface area contributed by atoms with Gasteiger partial charge in [0.2, 0.25) is 17.7 Å². The number of hydrogen-bond acceptors (Lipinski definition) is 4. The van der Waals surface area contributed by atoms with Crippen LogP contribution in [0.25, 0.3) is 0 Å². The van der Waals surface area contributed by atoms with Crippen LogP contribution in [0.15, 0.2) is 0 Å². The largest absolute Gasteiger partial charge is 0.359 e. The minimum atomic E-state index is -0.472. The zero-order chi connectivity index (χ0) is 17.3. The highest BCUT2D eigenvalue weighted by Gasteiger charge is 2.44. The van der Waals surface area contributed by atoms with Crippen molar-refractivity contribution in [2.75, 3.05) is 13.6 Å².